The molecule has 1 aliphatic rings. The molecule has 0 atom stereocenters. The van der Waals surface area contributed by atoms with Crippen LogP contribution in [0.5, 0.6) is 5.75 Å². The van der Waals surface area contributed by atoms with E-state index < -0.39 is 0 Å². The Balaban J connectivity index is 1.76. The van der Waals surface area contributed by atoms with E-state index in [1.807, 2.05) is 32.2 Å². The monoisotopic (exact) mass is 271 g/mol. The number of carbonyl (C=O) groups excluding carboxylic acids is 1. The number of hydrogen-bond acceptors (Lipinski definition) is 2. The van der Waals surface area contributed by atoms with Gasteiger partial charge in [0, 0.05) is 35.5 Å². The van der Waals surface area contributed by atoms with Crippen LogP contribution in [-0.4, -0.2) is 17.4 Å². The third-order valence-electron chi connectivity index (χ3n) is 3.93. The van der Waals surface area contributed by atoms with Crippen molar-refractivity contribution in [1.29, 1.82) is 0 Å². The highest BCUT2D eigenvalue weighted by molar-refractivity contribution is 5.91. The summed E-state index contributed by atoms with van der Waals surface area (Å²) in [7, 11) is 0. The average Bonchev–Trinajstić information content (AvgIpc) is 3.18. The predicted octanol–water partition coefficient (Wildman–Crippen LogP) is 3.72. The van der Waals surface area contributed by atoms with E-state index in [1.54, 1.807) is 0 Å². The molecule has 1 fully saturated rings. The number of aromatic amines is 1. The van der Waals surface area contributed by atoms with E-state index in [0.717, 1.165) is 34.7 Å². The molecule has 0 radical (unpaired) electrons. The molecule has 1 aliphatic carbocycles. The number of Topliss-reactive ketones (excluding diaryl/α,β-unsaturated/α-hetero) is 1. The molecule has 1 aromatic heterocycles. The van der Waals surface area contributed by atoms with Crippen molar-refractivity contribution in [1.82, 2.24) is 4.98 Å². The van der Waals surface area contributed by atoms with Crippen molar-refractivity contribution in [3.63, 3.8) is 0 Å². The Hall–Kier alpha value is -1.77. The van der Waals surface area contributed by atoms with Gasteiger partial charge in [-0.15, -0.1) is 0 Å². The van der Waals surface area contributed by atoms with Crippen LogP contribution in [0.4, 0.5) is 0 Å². The molecule has 2 aromatic rings. The number of nitrogens with one attached hydrogen (secondary N) is 1. The van der Waals surface area contributed by atoms with Crippen molar-refractivity contribution in [3.8, 4) is 5.75 Å². The summed E-state index contributed by atoms with van der Waals surface area (Å²) in [4.78, 5) is 15.1. The van der Waals surface area contributed by atoms with Crippen molar-refractivity contribution in [2.45, 2.75) is 33.1 Å². The van der Waals surface area contributed by atoms with Gasteiger partial charge in [0.05, 0.1) is 6.61 Å². The first kappa shape index (κ1) is 13.2. The lowest BCUT2D eigenvalue weighted by Crippen LogP contribution is -2.09. The van der Waals surface area contributed by atoms with E-state index >= 15 is 0 Å². The predicted molar refractivity (Wildman–Crippen MR) is 80.1 cm³/mol. The van der Waals surface area contributed by atoms with E-state index in [0.29, 0.717) is 6.42 Å². The Kier molecular flexibility index (Phi) is 3.51. The highest BCUT2D eigenvalue weighted by Gasteiger charge is 2.22. The van der Waals surface area contributed by atoms with Gasteiger partial charge < -0.3 is 9.72 Å². The summed E-state index contributed by atoms with van der Waals surface area (Å²) in [6.07, 6.45) is 5.04. The normalized spacial score (nSPS) is 14.9. The Morgan fingerprint density at radius 1 is 1.40 bits per heavy atom. The minimum Gasteiger partial charge on any atom is -0.493 e. The molecule has 1 aromatic carbocycles. The van der Waals surface area contributed by atoms with Crippen molar-refractivity contribution in [3.05, 3.63) is 30.0 Å². The number of ketones is 1. The molecule has 0 unspecified atom stereocenters. The van der Waals surface area contributed by atoms with Crippen LogP contribution < -0.4 is 4.74 Å². The molecule has 0 spiro atoms. The SMILES string of the molecule is CC(C)C(=O)Cc1c[nH]c2cc(OCC3CC3)ccc12. The van der Waals surface area contributed by atoms with E-state index in [-0.39, 0.29) is 11.7 Å². The van der Waals surface area contributed by atoms with Gasteiger partial charge in [-0.25, -0.2) is 0 Å². The maximum atomic E-state index is 11.9. The number of rotatable bonds is 6. The van der Waals surface area contributed by atoms with Crippen LogP contribution in [0.25, 0.3) is 10.9 Å². The highest BCUT2D eigenvalue weighted by Crippen LogP contribution is 2.30. The molecule has 106 valence electrons. The summed E-state index contributed by atoms with van der Waals surface area (Å²) in [6, 6.07) is 6.08. The van der Waals surface area contributed by atoms with Gasteiger partial charge >= 0.3 is 0 Å². The molecule has 1 saturated carbocycles. The lowest BCUT2D eigenvalue weighted by Gasteiger charge is -2.06. The molecule has 3 nitrogen and oxygen atoms in total. The van der Waals surface area contributed by atoms with Crippen LogP contribution in [-0.2, 0) is 11.2 Å². The van der Waals surface area contributed by atoms with Crippen molar-refractivity contribution in [2.24, 2.45) is 11.8 Å². The number of benzene rings is 1. The average molecular weight is 271 g/mol. The van der Waals surface area contributed by atoms with Crippen molar-refractivity contribution < 1.29 is 9.53 Å². The molecule has 0 amide bonds. The zero-order chi connectivity index (χ0) is 14.1. The molecule has 3 heteroatoms. The fourth-order valence-corrected chi connectivity index (χ4v) is 2.29. The molecule has 1 N–H and O–H groups in total. The second kappa shape index (κ2) is 5.31. The minimum atomic E-state index is 0.0844. The molecule has 0 bridgehead atoms. The zero-order valence-electron chi connectivity index (χ0n) is 12.1. The van der Waals surface area contributed by atoms with Crippen LogP contribution in [0.1, 0.15) is 32.3 Å². The van der Waals surface area contributed by atoms with Crippen LogP contribution in [0.15, 0.2) is 24.4 Å². The molecule has 0 aliphatic heterocycles. The Morgan fingerprint density at radius 3 is 2.90 bits per heavy atom. The van der Waals surface area contributed by atoms with Gasteiger partial charge in [-0.2, -0.15) is 0 Å². The molecule has 1 heterocycles. The maximum absolute atomic E-state index is 11.9. The third-order valence-corrected chi connectivity index (χ3v) is 3.93. The van der Waals surface area contributed by atoms with Gasteiger partial charge in [0.1, 0.15) is 11.5 Å². The van der Waals surface area contributed by atoms with E-state index in [2.05, 4.69) is 11.1 Å². The largest absolute Gasteiger partial charge is 0.493 e. The topological polar surface area (TPSA) is 42.1 Å². The van der Waals surface area contributed by atoms with E-state index in [1.165, 1.54) is 12.8 Å². The van der Waals surface area contributed by atoms with E-state index in [4.69, 9.17) is 4.74 Å². The number of H-pyrrole nitrogens is 1. The zero-order valence-corrected chi connectivity index (χ0v) is 12.1. The summed E-state index contributed by atoms with van der Waals surface area (Å²) in [5.41, 5.74) is 2.12. The maximum Gasteiger partial charge on any atom is 0.139 e. The summed E-state index contributed by atoms with van der Waals surface area (Å²) in [6.45, 7) is 4.72. The van der Waals surface area contributed by atoms with Gasteiger partial charge in [-0.3, -0.25) is 4.79 Å². The van der Waals surface area contributed by atoms with Crippen LogP contribution in [0.2, 0.25) is 0 Å². The number of carbonyl (C=O) groups is 1. The fraction of sp³-hybridized carbons (Fsp3) is 0.471. The third kappa shape index (κ3) is 2.87. The smallest absolute Gasteiger partial charge is 0.139 e. The van der Waals surface area contributed by atoms with Crippen LogP contribution in [0.3, 0.4) is 0 Å². The lowest BCUT2D eigenvalue weighted by atomic mass is 10.0. The Labute approximate surface area is 119 Å². The highest BCUT2D eigenvalue weighted by atomic mass is 16.5. The van der Waals surface area contributed by atoms with Crippen molar-refractivity contribution in [2.75, 3.05) is 6.61 Å². The molecular weight excluding hydrogens is 250 g/mol. The van der Waals surface area contributed by atoms with Gasteiger partial charge in [0.2, 0.25) is 0 Å². The lowest BCUT2D eigenvalue weighted by molar-refractivity contribution is -0.121. The Morgan fingerprint density at radius 2 is 2.20 bits per heavy atom. The molecule has 20 heavy (non-hydrogen) atoms. The van der Waals surface area contributed by atoms with Gasteiger partial charge in [-0.1, -0.05) is 13.8 Å². The minimum absolute atomic E-state index is 0.0844. The van der Waals surface area contributed by atoms with E-state index in [9.17, 15) is 4.79 Å². The summed E-state index contributed by atoms with van der Waals surface area (Å²) in [5.74, 6) is 2.03. The number of fused-ring (bicyclic) bond motifs is 1. The molecule has 0 saturated heterocycles. The summed E-state index contributed by atoms with van der Waals surface area (Å²) >= 11 is 0. The first-order valence-corrected chi connectivity index (χ1v) is 7.39. The number of ether oxygens (including phenoxy) is 1. The second-order valence-corrected chi connectivity index (χ2v) is 6.07. The summed E-state index contributed by atoms with van der Waals surface area (Å²) in [5, 5.41) is 1.12. The number of hydrogen-bond donors (Lipinski definition) is 1. The van der Waals surface area contributed by atoms with Gasteiger partial charge in [0.15, 0.2) is 0 Å². The summed E-state index contributed by atoms with van der Waals surface area (Å²) < 4.78 is 5.78. The standard InChI is InChI=1S/C17H21NO2/c1-11(2)17(19)7-13-9-18-16-8-14(5-6-15(13)16)20-10-12-3-4-12/h5-6,8-9,11-12,18H,3-4,7,10H2,1-2H3. The van der Waals surface area contributed by atoms with Gasteiger partial charge in [-0.05, 0) is 36.5 Å². The van der Waals surface area contributed by atoms with Crippen molar-refractivity contribution >= 4 is 16.7 Å². The Bertz CT molecular complexity index is 623. The second-order valence-electron chi connectivity index (χ2n) is 6.07. The van der Waals surface area contributed by atoms with Crippen LogP contribution >= 0.6 is 0 Å². The fourth-order valence-electron chi connectivity index (χ4n) is 2.29. The van der Waals surface area contributed by atoms with Gasteiger partial charge in [0.25, 0.3) is 0 Å². The molecular formula is C17H21NO2. The first-order valence-electron chi connectivity index (χ1n) is 7.39. The molecule has 3 rings (SSSR count). The quantitative estimate of drug-likeness (QED) is 0.870. The van der Waals surface area contributed by atoms with Crippen LogP contribution in [0, 0.1) is 11.8 Å². The first-order chi connectivity index (χ1) is 9.63. The number of aromatic nitrogens is 1.